The van der Waals surface area contributed by atoms with Gasteiger partial charge in [-0.05, 0) is 25.5 Å². The normalized spacial score (nSPS) is 12.2. The predicted molar refractivity (Wildman–Crippen MR) is 115 cm³/mol. The molecule has 32 heavy (non-hydrogen) atoms. The van der Waals surface area contributed by atoms with E-state index >= 15 is 0 Å². The lowest BCUT2D eigenvalue weighted by molar-refractivity contribution is -0.384. The number of nitro benzene ring substituents is 1. The van der Waals surface area contributed by atoms with E-state index in [-0.39, 0.29) is 36.4 Å². The van der Waals surface area contributed by atoms with Gasteiger partial charge in [0.25, 0.3) is 5.69 Å². The van der Waals surface area contributed by atoms with Crippen molar-refractivity contribution in [1.82, 2.24) is 9.55 Å². The van der Waals surface area contributed by atoms with Crippen LogP contribution >= 0.6 is 0 Å². The topological polar surface area (TPSA) is 137 Å². The number of benzene rings is 2. The van der Waals surface area contributed by atoms with E-state index in [2.05, 4.69) is 4.98 Å². The first-order chi connectivity index (χ1) is 15.3. The Labute approximate surface area is 180 Å². The van der Waals surface area contributed by atoms with E-state index in [0.717, 1.165) is 10.9 Å². The Balaban J connectivity index is 1.36. The molecule has 164 valence electrons. The largest absolute Gasteiger partial charge is 0.454 e. The van der Waals surface area contributed by atoms with E-state index in [4.69, 9.17) is 9.15 Å². The number of oxazole rings is 1. The van der Waals surface area contributed by atoms with Crippen LogP contribution in [0.25, 0.3) is 22.0 Å². The number of H-pyrrole nitrogens is 1. The summed E-state index contributed by atoms with van der Waals surface area (Å²) in [6.45, 7) is 1.67. The molecule has 0 aliphatic heterocycles. The zero-order chi connectivity index (χ0) is 22.8. The number of esters is 1. The molecule has 1 atom stereocenters. The number of non-ortho nitro benzene ring substituents is 1. The molecular formula is C22H19N3O7. The van der Waals surface area contributed by atoms with E-state index < -0.39 is 22.8 Å². The first-order valence-corrected chi connectivity index (χ1v) is 9.92. The molecule has 4 rings (SSSR count). The summed E-state index contributed by atoms with van der Waals surface area (Å²) in [6.07, 6.45) is 0.883. The molecule has 10 heteroatoms. The quantitative estimate of drug-likeness (QED) is 0.192. The Bertz CT molecular complexity index is 1400. The molecule has 0 saturated carbocycles. The number of ketones is 1. The number of aryl methyl sites for hydroxylation is 1. The number of carbonyl (C=O) groups is 2. The number of aromatic amines is 1. The minimum atomic E-state index is -0.959. The summed E-state index contributed by atoms with van der Waals surface area (Å²) in [6, 6.07) is 11.2. The average molecular weight is 437 g/mol. The van der Waals surface area contributed by atoms with Crippen LogP contribution < -0.4 is 5.76 Å². The van der Waals surface area contributed by atoms with Gasteiger partial charge in [0.1, 0.15) is 0 Å². The third-order valence-corrected chi connectivity index (χ3v) is 5.16. The van der Waals surface area contributed by atoms with Crippen LogP contribution in [0.5, 0.6) is 0 Å². The van der Waals surface area contributed by atoms with Crippen LogP contribution in [-0.4, -0.2) is 32.3 Å². The van der Waals surface area contributed by atoms with Crippen molar-refractivity contribution in [1.29, 1.82) is 0 Å². The molecule has 0 bridgehead atoms. The van der Waals surface area contributed by atoms with E-state index in [1.807, 2.05) is 24.3 Å². The van der Waals surface area contributed by atoms with E-state index in [9.17, 15) is 24.5 Å². The molecule has 0 saturated heterocycles. The van der Waals surface area contributed by atoms with E-state index in [0.29, 0.717) is 11.1 Å². The molecular weight excluding hydrogens is 418 g/mol. The molecule has 0 unspecified atom stereocenters. The number of Topliss-reactive ketones (excluding diaryl/α,β-unsaturated/α-hetero) is 1. The van der Waals surface area contributed by atoms with Gasteiger partial charge in [0, 0.05) is 41.7 Å². The molecule has 0 amide bonds. The van der Waals surface area contributed by atoms with Crippen LogP contribution in [0.3, 0.4) is 0 Å². The SMILES string of the molecule is C[C@@H](OC(=O)CCCn1c(=O)oc2cc([N+](=O)[O-])ccc21)C(=O)c1c[nH]c2ccccc12. The van der Waals surface area contributed by atoms with Crippen molar-refractivity contribution in [2.24, 2.45) is 0 Å². The van der Waals surface area contributed by atoms with Gasteiger partial charge in [-0.25, -0.2) is 4.79 Å². The second-order valence-electron chi connectivity index (χ2n) is 7.28. The Morgan fingerprint density at radius 2 is 2.03 bits per heavy atom. The number of nitrogens with one attached hydrogen (secondary N) is 1. The molecule has 2 aromatic heterocycles. The standard InChI is InChI=1S/C22H19N3O7/c1-13(21(27)16-12-23-17-6-3-2-5-15(16)17)31-20(26)7-4-10-24-18-9-8-14(25(29)30)11-19(18)32-22(24)28/h2-3,5-6,8-9,11-13,23H,4,7,10H2,1H3/t13-/m1/s1. The van der Waals surface area contributed by atoms with Gasteiger partial charge in [0.2, 0.25) is 5.78 Å². The molecule has 10 nitrogen and oxygen atoms in total. The smallest absolute Gasteiger partial charge is 0.419 e. The van der Waals surface area contributed by atoms with Gasteiger partial charge in [-0.3, -0.25) is 24.3 Å². The Morgan fingerprint density at radius 3 is 2.81 bits per heavy atom. The van der Waals surface area contributed by atoms with E-state index in [1.54, 1.807) is 6.20 Å². The number of hydrogen-bond donors (Lipinski definition) is 1. The third-order valence-electron chi connectivity index (χ3n) is 5.16. The van der Waals surface area contributed by atoms with Crippen LogP contribution in [0.2, 0.25) is 0 Å². The number of fused-ring (bicyclic) bond motifs is 2. The van der Waals surface area contributed by atoms with Crippen LogP contribution in [0.1, 0.15) is 30.1 Å². The van der Waals surface area contributed by atoms with Gasteiger partial charge in [-0.2, -0.15) is 0 Å². The van der Waals surface area contributed by atoms with Crippen LogP contribution in [0, 0.1) is 10.1 Å². The lowest BCUT2D eigenvalue weighted by Gasteiger charge is -2.12. The van der Waals surface area contributed by atoms with Crippen LogP contribution in [-0.2, 0) is 16.1 Å². The van der Waals surface area contributed by atoms with Gasteiger partial charge in [-0.15, -0.1) is 0 Å². The zero-order valence-electron chi connectivity index (χ0n) is 17.1. The fraction of sp³-hybridized carbons (Fsp3) is 0.227. The number of carbonyl (C=O) groups excluding carboxylic acids is 2. The zero-order valence-corrected chi connectivity index (χ0v) is 17.1. The Kier molecular flexibility index (Phi) is 5.59. The highest BCUT2D eigenvalue weighted by molar-refractivity contribution is 6.10. The second kappa shape index (κ2) is 8.50. The summed E-state index contributed by atoms with van der Waals surface area (Å²) in [5.41, 5.74) is 1.58. The van der Waals surface area contributed by atoms with Gasteiger partial charge >= 0.3 is 11.7 Å². The maximum atomic E-state index is 12.7. The van der Waals surface area contributed by atoms with Gasteiger partial charge in [0.15, 0.2) is 11.7 Å². The maximum absolute atomic E-state index is 12.7. The fourth-order valence-corrected chi connectivity index (χ4v) is 3.57. The molecule has 0 aliphatic rings. The van der Waals surface area contributed by atoms with Crippen molar-refractivity contribution in [2.75, 3.05) is 0 Å². The van der Waals surface area contributed by atoms with Crippen LogP contribution in [0.15, 0.2) is 57.9 Å². The molecule has 0 spiro atoms. The maximum Gasteiger partial charge on any atom is 0.419 e. The van der Waals surface area contributed by atoms with Gasteiger partial charge in [-0.1, -0.05) is 18.2 Å². The van der Waals surface area contributed by atoms with E-state index in [1.165, 1.54) is 29.7 Å². The van der Waals surface area contributed by atoms with Crippen molar-refractivity contribution in [3.05, 3.63) is 74.9 Å². The third kappa shape index (κ3) is 4.02. The Morgan fingerprint density at radius 1 is 1.25 bits per heavy atom. The minimum Gasteiger partial charge on any atom is -0.454 e. The molecule has 0 fully saturated rings. The molecule has 2 heterocycles. The number of para-hydroxylation sites is 1. The van der Waals surface area contributed by atoms with Crippen molar-refractivity contribution >= 4 is 39.4 Å². The van der Waals surface area contributed by atoms with Crippen molar-refractivity contribution in [3.8, 4) is 0 Å². The van der Waals surface area contributed by atoms with Crippen LogP contribution in [0.4, 0.5) is 5.69 Å². The second-order valence-corrected chi connectivity index (χ2v) is 7.28. The van der Waals surface area contributed by atoms with Crippen molar-refractivity contribution < 1.29 is 23.7 Å². The number of nitrogens with zero attached hydrogens (tertiary/aromatic N) is 2. The molecule has 4 aromatic rings. The molecule has 0 radical (unpaired) electrons. The minimum absolute atomic E-state index is 0.0163. The lowest BCUT2D eigenvalue weighted by atomic mass is 10.1. The van der Waals surface area contributed by atoms with Crippen molar-refractivity contribution in [3.63, 3.8) is 0 Å². The lowest BCUT2D eigenvalue weighted by Crippen LogP contribution is -2.24. The average Bonchev–Trinajstić information content (AvgIpc) is 3.33. The monoisotopic (exact) mass is 437 g/mol. The summed E-state index contributed by atoms with van der Waals surface area (Å²) < 4.78 is 11.6. The number of ether oxygens (including phenoxy) is 1. The Hall–Kier alpha value is -4.21. The van der Waals surface area contributed by atoms with Gasteiger partial charge < -0.3 is 14.1 Å². The highest BCUT2D eigenvalue weighted by atomic mass is 16.6. The number of hydrogen-bond acceptors (Lipinski definition) is 7. The molecule has 2 aromatic carbocycles. The summed E-state index contributed by atoms with van der Waals surface area (Å²) in [5, 5.41) is 11.6. The summed E-state index contributed by atoms with van der Waals surface area (Å²) in [5.74, 6) is -1.55. The number of rotatable bonds is 8. The highest BCUT2D eigenvalue weighted by Crippen LogP contribution is 2.21. The first kappa shape index (κ1) is 21.0. The van der Waals surface area contributed by atoms with Gasteiger partial charge in [0.05, 0.1) is 16.5 Å². The summed E-state index contributed by atoms with van der Waals surface area (Å²) in [4.78, 5) is 50.3. The summed E-state index contributed by atoms with van der Waals surface area (Å²) >= 11 is 0. The molecule has 1 N–H and O–H groups in total. The molecule has 0 aliphatic carbocycles. The fourth-order valence-electron chi connectivity index (χ4n) is 3.57. The number of nitro groups is 1. The number of aromatic nitrogens is 2. The summed E-state index contributed by atoms with van der Waals surface area (Å²) in [7, 11) is 0. The predicted octanol–water partition coefficient (Wildman–Crippen LogP) is 3.58. The first-order valence-electron chi connectivity index (χ1n) is 9.92. The highest BCUT2D eigenvalue weighted by Gasteiger charge is 2.22. The van der Waals surface area contributed by atoms with Crippen molar-refractivity contribution in [2.45, 2.75) is 32.4 Å².